The summed E-state index contributed by atoms with van der Waals surface area (Å²) in [6.45, 7) is 1.66. The maximum atomic E-state index is 11.8. The predicted octanol–water partition coefficient (Wildman–Crippen LogP) is 0.876. The van der Waals surface area contributed by atoms with Crippen molar-refractivity contribution in [2.45, 2.75) is 18.8 Å². The SMILES string of the molecule is COC(OC)C(C)(N)/C=[P+](\[O-])Oc1ccccc1. The van der Waals surface area contributed by atoms with E-state index in [0.29, 0.717) is 5.75 Å². The van der Waals surface area contributed by atoms with E-state index in [2.05, 4.69) is 0 Å². The molecule has 0 aromatic heterocycles. The quantitative estimate of drug-likeness (QED) is 0.614. The van der Waals surface area contributed by atoms with Gasteiger partial charge in [-0.25, -0.2) is 0 Å². The monoisotopic (exact) mass is 271 g/mol. The summed E-state index contributed by atoms with van der Waals surface area (Å²) < 4.78 is 15.4. The van der Waals surface area contributed by atoms with Crippen LogP contribution in [0.15, 0.2) is 30.3 Å². The third-order valence-electron chi connectivity index (χ3n) is 2.26. The summed E-state index contributed by atoms with van der Waals surface area (Å²) in [6.07, 6.45) is -0.684. The summed E-state index contributed by atoms with van der Waals surface area (Å²) >= 11 is 0. The molecule has 1 aromatic carbocycles. The lowest BCUT2D eigenvalue weighted by Crippen LogP contribution is -2.51. The van der Waals surface area contributed by atoms with Crippen molar-refractivity contribution >= 4 is 13.8 Å². The van der Waals surface area contributed by atoms with Gasteiger partial charge in [0.25, 0.3) is 8.00 Å². The summed E-state index contributed by atoms with van der Waals surface area (Å²) in [6, 6.07) is 8.89. The molecule has 0 amide bonds. The van der Waals surface area contributed by atoms with Crippen molar-refractivity contribution in [3.05, 3.63) is 30.3 Å². The molecule has 0 spiro atoms. The minimum Gasteiger partial charge on any atom is -0.595 e. The third kappa shape index (κ3) is 4.37. The molecule has 1 aromatic rings. The molecule has 2 unspecified atom stereocenters. The highest BCUT2D eigenvalue weighted by atomic mass is 31.1. The number of methoxy groups -OCH3 is 2. The normalized spacial score (nSPS) is 15.6. The van der Waals surface area contributed by atoms with Crippen LogP contribution >= 0.6 is 8.00 Å². The fraction of sp³-hybridized carbons (Fsp3) is 0.417. The van der Waals surface area contributed by atoms with E-state index < -0.39 is 19.8 Å². The summed E-state index contributed by atoms with van der Waals surface area (Å²) in [5, 5.41) is 0. The van der Waals surface area contributed by atoms with Gasteiger partial charge in [0.2, 0.25) is 0 Å². The van der Waals surface area contributed by atoms with Crippen molar-refractivity contribution in [2.24, 2.45) is 5.73 Å². The van der Waals surface area contributed by atoms with E-state index in [1.54, 1.807) is 31.2 Å². The van der Waals surface area contributed by atoms with Crippen LogP contribution in [0.4, 0.5) is 0 Å². The molecule has 0 aliphatic rings. The van der Waals surface area contributed by atoms with E-state index in [9.17, 15) is 4.89 Å². The van der Waals surface area contributed by atoms with Crippen molar-refractivity contribution in [1.82, 2.24) is 0 Å². The van der Waals surface area contributed by atoms with Crippen LogP contribution in [0, 0.1) is 0 Å². The van der Waals surface area contributed by atoms with E-state index in [1.165, 1.54) is 20.0 Å². The Morgan fingerprint density at radius 2 is 1.83 bits per heavy atom. The van der Waals surface area contributed by atoms with Crippen LogP contribution in [0.2, 0.25) is 0 Å². The van der Waals surface area contributed by atoms with Crippen LogP contribution in [0.1, 0.15) is 6.92 Å². The van der Waals surface area contributed by atoms with Gasteiger partial charge < -0.3 is 20.1 Å². The smallest absolute Gasteiger partial charge is 0.274 e. The highest BCUT2D eigenvalue weighted by molar-refractivity contribution is 7.45. The number of para-hydroxylation sites is 1. The number of ether oxygens (including phenoxy) is 2. The fourth-order valence-electron chi connectivity index (χ4n) is 1.50. The minimum atomic E-state index is -2.05. The van der Waals surface area contributed by atoms with Gasteiger partial charge in [0.15, 0.2) is 12.0 Å². The molecule has 2 N–H and O–H groups in total. The van der Waals surface area contributed by atoms with Crippen molar-refractivity contribution in [1.29, 1.82) is 0 Å². The van der Waals surface area contributed by atoms with E-state index >= 15 is 0 Å². The van der Waals surface area contributed by atoms with Crippen molar-refractivity contribution in [3.8, 4) is 5.75 Å². The van der Waals surface area contributed by atoms with E-state index in [-0.39, 0.29) is 0 Å². The van der Waals surface area contributed by atoms with Crippen LogP contribution in [0.5, 0.6) is 5.75 Å². The zero-order valence-electron chi connectivity index (χ0n) is 10.7. The lowest BCUT2D eigenvalue weighted by atomic mass is 10.1. The Morgan fingerprint density at radius 3 is 2.33 bits per heavy atom. The molecule has 0 radical (unpaired) electrons. The molecule has 0 aliphatic heterocycles. The highest BCUT2D eigenvalue weighted by Crippen LogP contribution is 2.23. The largest absolute Gasteiger partial charge is 0.595 e. The number of benzene rings is 1. The van der Waals surface area contributed by atoms with Crippen LogP contribution in [-0.2, 0) is 9.47 Å². The molecule has 18 heavy (non-hydrogen) atoms. The van der Waals surface area contributed by atoms with Crippen LogP contribution in [-0.4, -0.2) is 31.8 Å². The number of nitrogens with two attached hydrogens (primary N) is 1. The second-order valence-corrected chi connectivity index (χ2v) is 5.00. The summed E-state index contributed by atoms with van der Waals surface area (Å²) in [7, 11) is 0.892. The second-order valence-electron chi connectivity index (χ2n) is 3.99. The topological polar surface area (TPSA) is 76.8 Å². The number of hydrogen-bond donors (Lipinski definition) is 1. The average Bonchev–Trinajstić information content (AvgIpc) is 2.30. The molecule has 0 saturated heterocycles. The van der Waals surface area contributed by atoms with Crippen molar-refractivity contribution < 1.29 is 18.9 Å². The van der Waals surface area contributed by atoms with Gasteiger partial charge in [0.05, 0.1) is 0 Å². The molecule has 0 heterocycles. The summed E-state index contributed by atoms with van der Waals surface area (Å²) in [5.74, 6) is 1.91. The van der Waals surface area contributed by atoms with Crippen molar-refractivity contribution in [2.75, 3.05) is 14.2 Å². The van der Waals surface area contributed by atoms with Gasteiger partial charge in [-0.3, -0.25) is 4.52 Å². The third-order valence-corrected chi connectivity index (χ3v) is 3.42. The Morgan fingerprint density at radius 1 is 1.28 bits per heavy atom. The lowest BCUT2D eigenvalue weighted by molar-refractivity contribution is -0.166. The Bertz CT molecular complexity index is 390. The first-order chi connectivity index (χ1) is 8.49. The number of hydrogen-bond acceptors (Lipinski definition) is 5. The molecular weight excluding hydrogens is 253 g/mol. The second kappa shape index (κ2) is 6.83. The van der Waals surface area contributed by atoms with E-state index in [4.69, 9.17) is 19.7 Å². The molecule has 0 aliphatic carbocycles. The Hall–Kier alpha value is -0.970. The standard InChI is InChI=1S/C12H18NO4P/c1-12(13,11(15-2)16-3)9-18(14)17-10-7-5-4-6-8-10/h4-9,11H,13H2,1-3H3. The minimum absolute atomic E-state index is 0.525. The van der Waals surface area contributed by atoms with Crippen LogP contribution < -0.4 is 15.2 Å². The van der Waals surface area contributed by atoms with Gasteiger partial charge in [-0.1, -0.05) is 18.2 Å². The van der Waals surface area contributed by atoms with Gasteiger partial charge in [-0.05, 0) is 19.1 Å². The van der Waals surface area contributed by atoms with Crippen molar-refractivity contribution in [3.63, 3.8) is 0 Å². The highest BCUT2D eigenvalue weighted by Gasteiger charge is 2.32. The molecule has 0 saturated carbocycles. The van der Waals surface area contributed by atoms with Gasteiger partial charge in [-0.15, -0.1) is 0 Å². The average molecular weight is 271 g/mol. The van der Waals surface area contributed by atoms with E-state index in [1.807, 2.05) is 6.07 Å². The molecule has 0 fully saturated rings. The molecule has 2 atom stereocenters. The Labute approximate surface area is 108 Å². The van der Waals surface area contributed by atoms with Gasteiger partial charge in [0, 0.05) is 14.2 Å². The van der Waals surface area contributed by atoms with Crippen LogP contribution in [0.25, 0.3) is 0 Å². The number of rotatable bonds is 6. The maximum Gasteiger partial charge on any atom is 0.274 e. The predicted molar refractivity (Wildman–Crippen MR) is 70.5 cm³/mol. The lowest BCUT2D eigenvalue weighted by Gasteiger charge is -2.26. The molecule has 6 heteroatoms. The van der Waals surface area contributed by atoms with E-state index in [0.717, 1.165) is 0 Å². The molecule has 100 valence electrons. The zero-order chi connectivity index (χ0) is 13.6. The zero-order valence-corrected chi connectivity index (χ0v) is 11.6. The fourth-order valence-corrected chi connectivity index (χ4v) is 2.46. The molecule has 5 nitrogen and oxygen atoms in total. The first-order valence-corrected chi connectivity index (χ1v) is 6.64. The van der Waals surface area contributed by atoms with Crippen LogP contribution in [0.3, 0.4) is 0 Å². The van der Waals surface area contributed by atoms with Gasteiger partial charge in [0.1, 0.15) is 11.3 Å². The van der Waals surface area contributed by atoms with Gasteiger partial charge in [-0.2, -0.15) is 0 Å². The molecular formula is C12H18NO4P. The Balaban J connectivity index is 2.76. The maximum absolute atomic E-state index is 11.8. The molecule has 1 rings (SSSR count). The molecule has 0 bridgehead atoms. The summed E-state index contributed by atoms with van der Waals surface area (Å²) in [5.41, 5.74) is 4.96. The Kier molecular flexibility index (Phi) is 5.72. The first-order valence-electron chi connectivity index (χ1n) is 5.39. The first kappa shape index (κ1) is 15.1. The summed E-state index contributed by atoms with van der Waals surface area (Å²) in [4.78, 5) is 11.8. The van der Waals surface area contributed by atoms with Gasteiger partial charge >= 0.3 is 0 Å².